The van der Waals surface area contributed by atoms with Crippen LogP contribution in [0.15, 0.2) is 48.5 Å². The van der Waals surface area contributed by atoms with Crippen molar-refractivity contribution >= 4 is 28.4 Å². The number of H-pyrrole nitrogens is 1. The van der Waals surface area contributed by atoms with E-state index in [1.807, 2.05) is 24.3 Å². The van der Waals surface area contributed by atoms with Gasteiger partial charge in [-0.2, -0.15) is 0 Å². The van der Waals surface area contributed by atoms with Crippen LogP contribution < -0.4 is 10.6 Å². The normalized spacial score (nSPS) is 10.6. The highest BCUT2D eigenvalue weighted by molar-refractivity contribution is 5.98. The maximum absolute atomic E-state index is 12.2. The number of fused-ring (bicyclic) bond motifs is 1. The Morgan fingerprint density at radius 3 is 2.46 bits per heavy atom. The summed E-state index contributed by atoms with van der Waals surface area (Å²) in [6.07, 6.45) is 0.533. The number of aromatic amines is 1. The van der Waals surface area contributed by atoms with Crippen LogP contribution in [0.3, 0.4) is 0 Å². The minimum atomic E-state index is -0.508. The molecule has 0 spiro atoms. The van der Waals surface area contributed by atoms with Gasteiger partial charge in [-0.25, -0.2) is 0 Å². The van der Waals surface area contributed by atoms with Gasteiger partial charge in [-0.1, -0.05) is 24.3 Å². The van der Waals surface area contributed by atoms with Crippen LogP contribution in [0.1, 0.15) is 32.8 Å². The third kappa shape index (κ3) is 4.17. The number of amides is 2. The van der Waals surface area contributed by atoms with E-state index in [-0.39, 0.29) is 23.1 Å². The number of nitrogens with zero attached hydrogens (tertiary/aromatic N) is 1. The summed E-state index contributed by atoms with van der Waals surface area (Å²) >= 11 is 0. The van der Waals surface area contributed by atoms with Crippen LogP contribution in [0, 0.1) is 17.0 Å². The molecule has 1 heterocycles. The van der Waals surface area contributed by atoms with Crippen molar-refractivity contribution in [3.63, 3.8) is 0 Å². The van der Waals surface area contributed by atoms with E-state index < -0.39 is 4.92 Å². The number of carbonyl (C=O) groups excluding carboxylic acids is 2. The Morgan fingerprint density at radius 1 is 1.04 bits per heavy atom. The van der Waals surface area contributed by atoms with Crippen molar-refractivity contribution in [3.8, 4) is 0 Å². The predicted octanol–water partition coefficient (Wildman–Crippen LogP) is 2.93. The van der Waals surface area contributed by atoms with Gasteiger partial charge in [-0.15, -0.1) is 0 Å². The smallest absolute Gasteiger partial charge is 0.273 e. The standard InChI is InChI=1S/C20H20N4O4/c1-13-15(7-4-9-18(13)24(27)28)19(25)21-10-5-11-22-20(26)17-12-14-6-2-3-8-16(14)23-17/h2-4,6-9,12,23H,5,10-11H2,1H3,(H,21,25)(H,22,26). The number of benzene rings is 2. The molecular formula is C20H20N4O4. The summed E-state index contributed by atoms with van der Waals surface area (Å²) < 4.78 is 0. The lowest BCUT2D eigenvalue weighted by atomic mass is 10.1. The van der Waals surface area contributed by atoms with Crippen molar-refractivity contribution in [2.75, 3.05) is 13.1 Å². The molecular weight excluding hydrogens is 360 g/mol. The largest absolute Gasteiger partial charge is 0.352 e. The molecule has 8 nitrogen and oxygen atoms in total. The second-order valence-electron chi connectivity index (χ2n) is 6.34. The van der Waals surface area contributed by atoms with Gasteiger partial charge in [0.15, 0.2) is 0 Å². The number of nitro benzene ring substituents is 1. The SMILES string of the molecule is Cc1c(C(=O)NCCCNC(=O)c2cc3ccccc3[nH]2)cccc1[N+](=O)[O-]. The fourth-order valence-corrected chi connectivity index (χ4v) is 2.95. The van der Waals surface area contributed by atoms with Crippen molar-refractivity contribution in [2.45, 2.75) is 13.3 Å². The second-order valence-corrected chi connectivity index (χ2v) is 6.34. The van der Waals surface area contributed by atoms with Crippen LogP contribution in [0.2, 0.25) is 0 Å². The Morgan fingerprint density at radius 2 is 1.75 bits per heavy atom. The Bertz CT molecular complexity index is 1010. The van der Waals surface area contributed by atoms with Crippen LogP contribution >= 0.6 is 0 Å². The van der Waals surface area contributed by atoms with Gasteiger partial charge in [-0.05, 0) is 31.5 Å². The summed E-state index contributed by atoms with van der Waals surface area (Å²) in [5, 5.41) is 17.4. The molecule has 0 saturated carbocycles. The van der Waals surface area contributed by atoms with Gasteiger partial charge in [0.1, 0.15) is 5.69 Å². The molecule has 0 aliphatic carbocycles. The first-order chi connectivity index (χ1) is 13.5. The minimum Gasteiger partial charge on any atom is -0.352 e. The van der Waals surface area contributed by atoms with Crippen molar-refractivity contribution in [1.82, 2.24) is 15.6 Å². The summed E-state index contributed by atoms with van der Waals surface area (Å²) in [6, 6.07) is 13.8. The first-order valence-electron chi connectivity index (χ1n) is 8.85. The molecule has 0 atom stereocenters. The van der Waals surface area contributed by atoms with Crippen LogP contribution in [-0.4, -0.2) is 34.8 Å². The Balaban J connectivity index is 1.47. The van der Waals surface area contributed by atoms with E-state index >= 15 is 0 Å². The second kappa shape index (κ2) is 8.34. The number of hydrogen-bond donors (Lipinski definition) is 3. The van der Waals surface area contributed by atoms with E-state index in [1.165, 1.54) is 12.1 Å². The number of nitro groups is 1. The van der Waals surface area contributed by atoms with E-state index in [0.717, 1.165) is 10.9 Å². The Kier molecular flexibility index (Phi) is 5.69. The third-order valence-corrected chi connectivity index (χ3v) is 4.45. The molecule has 0 saturated heterocycles. The fraction of sp³-hybridized carbons (Fsp3) is 0.200. The lowest BCUT2D eigenvalue weighted by Crippen LogP contribution is -2.30. The average molecular weight is 380 g/mol. The van der Waals surface area contributed by atoms with Crippen LogP contribution in [0.5, 0.6) is 0 Å². The molecule has 3 aromatic rings. The monoisotopic (exact) mass is 380 g/mol. The van der Waals surface area contributed by atoms with E-state index in [1.54, 1.807) is 19.1 Å². The molecule has 28 heavy (non-hydrogen) atoms. The Hall–Kier alpha value is -3.68. The van der Waals surface area contributed by atoms with Crippen molar-refractivity contribution < 1.29 is 14.5 Å². The molecule has 0 radical (unpaired) electrons. The highest BCUT2D eigenvalue weighted by atomic mass is 16.6. The minimum absolute atomic E-state index is 0.0850. The van der Waals surface area contributed by atoms with Crippen molar-refractivity contribution in [3.05, 3.63) is 75.5 Å². The number of rotatable bonds is 7. The number of para-hydroxylation sites is 1. The zero-order valence-corrected chi connectivity index (χ0v) is 15.3. The molecule has 0 aliphatic rings. The highest BCUT2D eigenvalue weighted by Gasteiger charge is 2.17. The molecule has 3 N–H and O–H groups in total. The van der Waals surface area contributed by atoms with Crippen LogP contribution in [0.25, 0.3) is 10.9 Å². The average Bonchev–Trinajstić information content (AvgIpc) is 3.11. The maximum atomic E-state index is 12.2. The topological polar surface area (TPSA) is 117 Å². The molecule has 144 valence electrons. The van der Waals surface area contributed by atoms with Crippen LogP contribution in [-0.2, 0) is 0 Å². The highest BCUT2D eigenvalue weighted by Crippen LogP contribution is 2.20. The quantitative estimate of drug-likeness (QED) is 0.332. The number of hydrogen-bond acceptors (Lipinski definition) is 4. The molecule has 0 bridgehead atoms. The molecule has 0 unspecified atom stereocenters. The summed E-state index contributed by atoms with van der Waals surface area (Å²) in [5.74, 6) is -0.583. The number of aromatic nitrogens is 1. The van der Waals surface area contributed by atoms with Crippen molar-refractivity contribution in [1.29, 1.82) is 0 Å². The van der Waals surface area contributed by atoms with Crippen molar-refractivity contribution in [2.24, 2.45) is 0 Å². The molecule has 3 rings (SSSR count). The lowest BCUT2D eigenvalue weighted by Gasteiger charge is -2.08. The molecule has 8 heteroatoms. The fourth-order valence-electron chi connectivity index (χ4n) is 2.95. The number of carbonyl (C=O) groups is 2. The first-order valence-corrected chi connectivity index (χ1v) is 8.85. The van der Waals surface area contributed by atoms with Crippen LogP contribution in [0.4, 0.5) is 5.69 Å². The molecule has 2 aromatic carbocycles. The maximum Gasteiger partial charge on any atom is 0.273 e. The molecule has 1 aromatic heterocycles. The molecule has 0 aliphatic heterocycles. The molecule has 0 fully saturated rings. The zero-order chi connectivity index (χ0) is 20.1. The third-order valence-electron chi connectivity index (χ3n) is 4.45. The van der Waals surface area contributed by atoms with Gasteiger partial charge in [0.05, 0.1) is 4.92 Å². The zero-order valence-electron chi connectivity index (χ0n) is 15.3. The van der Waals surface area contributed by atoms with Gasteiger partial charge < -0.3 is 15.6 Å². The summed E-state index contributed by atoms with van der Waals surface area (Å²) in [6.45, 7) is 2.28. The summed E-state index contributed by atoms with van der Waals surface area (Å²) in [5.41, 5.74) is 1.90. The van der Waals surface area contributed by atoms with Gasteiger partial charge in [0.25, 0.3) is 17.5 Å². The Labute approximate surface area is 161 Å². The summed E-state index contributed by atoms with van der Waals surface area (Å²) in [7, 11) is 0. The lowest BCUT2D eigenvalue weighted by molar-refractivity contribution is -0.385. The van der Waals surface area contributed by atoms with E-state index in [0.29, 0.717) is 30.8 Å². The van der Waals surface area contributed by atoms with Gasteiger partial charge in [-0.3, -0.25) is 19.7 Å². The van der Waals surface area contributed by atoms with Gasteiger partial charge >= 0.3 is 0 Å². The van der Waals surface area contributed by atoms with Gasteiger partial charge in [0, 0.05) is 41.2 Å². The van der Waals surface area contributed by atoms with E-state index in [2.05, 4.69) is 15.6 Å². The van der Waals surface area contributed by atoms with E-state index in [4.69, 9.17) is 0 Å². The predicted molar refractivity (Wildman–Crippen MR) is 105 cm³/mol. The first kappa shape index (κ1) is 19.1. The van der Waals surface area contributed by atoms with Gasteiger partial charge in [0.2, 0.25) is 0 Å². The molecule has 2 amide bonds. The van der Waals surface area contributed by atoms with E-state index in [9.17, 15) is 19.7 Å². The summed E-state index contributed by atoms with van der Waals surface area (Å²) in [4.78, 5) is 37.9. The number of nitrogens with one attached hydrogen (secondary N) is 3.